The molecular formula is C22H26N4O3S2. The van der Waals surface area contributed by atoms with E-state index in [1.807, 2.05) is 48.9 Å². The Hall–Kier alpha value is -2.62. The van der Waals surface area contributed by atoms with Crippen LogP contribution in [0, 0.1) is 6.92 Å². The van der Waals surface area contributed by atoms with Crippen LogP contribution in [0.25, 0.3) is 5.69 Å². The van der Waals surface area contributed by atoms with Gasteiger partial charge in [-0.1, -0.05) is 30.0 Å². The van der Waals surface area contributed by atoms with E-state index >= 15 is 0 Å². The van der Waals surface area contributed by atoms with Crippen molar-refractivity contribution in [3.8, 4) is 5.69 Å². The molecule has 3 rings (SSSR count). The third-order valence-corrected chi connectivity index (χ3v) is 7.21. The van der Waals surface area contributed by atoms with E-state index in [2.05, 4.69) is 15.0 Å². The molecule has 0 aliphatic rings. The Bertz CT molecular complexity index is 1160. The van der Waals surface area contributed by atoms with Crippen molar-refractivity contribution >= 4 is 33.4 Å². The van der Waals surface area contributed by atoms with Gasteiger partial charge in [-0.2, -0.15) is 0 Å². The number of sulfonamides is 1. The highest BCUT2D eigenvalue weighted by atomic mass is 32.2. The molecule has 0 saturated carbocycles. The number of anilines is 1. The maximum atomic E-state index is 12.7. The topological polar surface area (TPSA) is 93.1 Å². The zero-order valence-corrected chi connectivity index (χ0v) is 19.5. The van der Waals surface area contributed by atoms with E-state index < -0.39 is 15.3 Å². The van der Waals surface area contributed by atoms with E-state index in [0.29, 0.717) is 5.69 Å². The summed E-state index contributed by atoms with van der Waals surface area (Å²) in [6.07, 6.45) is 3.59. The van der Waals surface area contributed by atoms with Gasteiger partial charge in [-0.05, 0) is 63.6 Å². The highest BCUT2D eigenvalue weighted by Crippen LogP contribution is 2.27. The van der Waals surface area contributed by atoms with Crippen LogP contribution in [0.3, 0.4) is 0 Å². The van der Waals surface area contributed by atoms with Crippen molar-refractivity contribution in [2.24, 2.45) is 0 Å². The number of para-hydroxylation sites is 1. The van der Waals surface area contributed by atoms with Crippen LogP contribution in [0.4, 0.5) is 5.69 Å². The molecule has 9 heteroatoms. The maximum absolute atomic E-state index is 12.7. The fourth-order valence-electron chi connectivity index (χ4n) is 2.95. The number of imidazole rings is 1. The molecular weight excluding hydrogens is 432 g/mol. The Balaban J connectivity index is 1.67. The first-order chi connectivity index (χ1) is 14.7. The molecule has 1 aromatic heterocycles. The number of carbonyl (C=O) groups excluding carboxylic acids is 1. The quantitative estimate of drug-likeness (QED) is 0.498. The number of hydrogen-bond acceptors (Lipinski definition) is 5. The van der Waals surface area contributed by atoms with Crippen molar-refractivity contribution in [3.63, 3.8) is 0 Å². The molecule has 2 N–H and O–H groups in total. The second-order valence-electron chi connectivity index (χ2n) is 7.42. The van der Waals surface area contributed by atoms with E-state index in [9.17, 15) is 13.2 Å². The molecule has 0 aliphatic carbocycles. The maximum Gasteiger partial charge on any atom is 0.240 e. The number of amides is 1. The minimum atomic E-state index is -3.57. The molecule has 164 valence electrons. The van der Waals surface area contributed by atoms with Gasteiger partial charge in [0.1, 0.15) is 0 Å². The van der Waals surface area contributed by atoms with Gasteiger partial charge >= 0.3 is 0 Å². The van der Waals surface area contributed by atoms with E-state index in [4.69, 9.17) is 0 Å². The van der Waals surface area contributed by atoms with Gasteiger partial charge in [0.25, 0.3) is 0 Å². The van der Waals surface area contributed by atoms with Crippen molar-refractivity contribution in [2.45, 2.75) is 49.0 Å². The lowest BCUT2D eigenvalue weighted by atomic mass is 10.2. The SMILES string of the molecule is Cc1ccccc1-n1ccnc1SC(C)C(=O)Nc1ccc(S(=O)(=O)NC(C)C)cc1. The average Bonchev–Trinajstić information content (AvgIpc) is 3.15. The molecule has 0 aliphatic heterocycles. The molecule has 0 fully saturated rings. The van der Waals surface area contributed by atoms with Crippen LogP contribution in [-0.2, 0) is 14.8 Å². The number of nitrogens with zero attached hydrogens (tertiary/aromatic N) is 2. The van der Waals surface area contributed by atoms with Crippen molar-refractivity contribution in [1.29, 1.82) is 0 Å². The third kappa shape index (κ3) is 5.75. The van der Waals surface area contributed by atoms with Crippen LogP contribution in [0.15, 0.2) is 71.0 Å². The predicted octanol–water partition coefficient (Wildman–Crippen LogP) is 3.99. The summed E-state index contributed by atoms with van der Waals surface area (Å²) < 4.78 is 28.9. The minimum Gasteiger partial charge on any atom is -0.325 e. The summed E-state index contributed by atoms with van der Waals surface area (Å²) in [7, 11) is -3.57. The Labute approximate surface area is 187 Å². The second kappa shape index (κ2) is 9.67. The van der Waals surface area contributed by atoms with Gasteiger partial charge in [0.2, 0.25) is 15.9 Å². The van der Waals surface area contributed by atoms with Crippen LogP contribution >= 0.6 is 11.8 Å². The number of rotatable bonds is 8. The van der Waals surface area contributed by atoms with Crippen LogP contribution in [0.2, 0.25) is 0 Å². The predicted molar refractivity (Wildman–Crippen MR) is 124 cm³/mol. The van der Waals surface area contributed by atoms with Gasteiger partial charge < -0.3 is 5.32 Å². The Kier molecular flexibility index (Phi) is 7.19. The number of hydrogen-bond donors (Lipinski definition) is 2. The smallest absolute Gasteiger partial charge is 0.240 e. The summed E-state index contributed by atoms with van der Waals surface area (Å²) in [5, 5.41) is 3.15. The van der Waals surface area contributed by atoms with E-state index in [0.717, 1.165) is 16.4 Å². The standard InChI is InChI=1S/C22H26N4O3S2/c1-15(2)25-31(28,29)19-11-9-18(10-12-19)24-21(27)17(4)30-22-23-13-14-26(22)20-8-6-5-7-16(20)3/h5-15,17,25H,1-4H3,(H,24,27). The van der Waals surface area contributed by atoms with Gasteiger partial charge in [0.15, 0.2) is 5.16 Å². The lowest BCUT2D eigenvalue weighted by Gasteiger charge is -2.14. The summed E-state index contributed by atoms with van der Waals surface area (Å²) in [5.74, 6) is -0.194. The fourth-order valence-corrected chi connectivity index (χ4v) is 5.07. The van der Waals surface area contributed by atoms with Crippen LogP contribution in [-0.4, -0.2) is 35.2 Å². The van der Waals surface area contributed by atoms with Gasteiger partial charge in [0, 0.05) is 24.1 Å². The second-order valence-corrected chi connectivity index (χ2v) is 10.4. The normalized spacial score (nSPS) is 12.7. The number of aromatic nitrogens is 2. The van der Waals surface area contributed by atoms with Crippen LogP contribution in [0.5, 0.6) is 0 Å². The molecule has 0 bridgehead atoms. The summed E-state index contributed by atoms with van der Waals surface area (Å²) >= 11 is 1.36. The Morgan fingerprint density at radius 2 is 1.74 bits per heavy atom. The highest BCUT2D eigenvalue weighted by Gasteiger charge is 2.19. The number of carbonyl (C=O) groups is 1. The highest BCUT2D eigenvalue weighted by molar-refractivity contribution is 8.00. The van der Waals surface area contributed by atoms with E-state index in [-0.39, 0.29) is 16.8 Å². The van der Waals surface area contributed by atoms with Crippen LogP contribution < -0.4 is 10.0 Å². The lowest BCUT2D eigenvalue weighted by molar-refractivity contribution is -0.115. The first-order valence-electron chi connectivity index (χ1n) is 9.86. The zero-order chi connectivity index (χ0) is 22.6. The molecule has 7 nitrogen and oxygen atoms in total. The van der Waals surface area contributed by atoms with E-state index in [1.54, 1.807) is 32.2 Å². The minimum absolute atomic E-state index is 0.155. The van der Waals surface area contributed by atoms with Crippen molar-refractivity contribution in [1.82, 2.24) is 14.3 Å². The zero-order valence-electron chi connectivity index (χ0n) is 17.9. The molecule has 2 aromatic carbocycles. The lowest BCUT2D eigenvalue weighted by Crippen LogP contribution is -2.30. The summed E-state index contributed by atoms with van der Waals surface area (Å²) in [6.45, 7) is 7.36. The average molecular weight is 459 g/mol. The molecule has 0 radical (unpaired) electrons. The van der Waals surface area contributed by atoms with E-state index in [1.165, 1.54) is 23.9 Å². The number of nitrogens with one attached hydrogen (secondary N) is 2. The number of thioether (sulfide) groups is 1. The third-order valence-electron chi connectivity index (χ3n) is 4.46. The van der Waals surface area contributed by atoms with Crippen molar-refractivity contribution in [3.05, 3.63) is 66.5 Å². The number of benzene rings is 2. The van der Waals surface area contributed by atoms with Crippen molar-refractivity contribution in [2.75, 3.05) is 5.32 Å². The monoisotopic (exact) mass is 458 g/mol. The molecule has 1 unspecified atom stereocenters. The summed E-state index contributed by atoms with van der Waals surface area (Å²) in [5.41, 5.74) is 2.66. The molecule has 3 aromatic rings. The first kappa shape index (κ1) is 23.1. The Morgan fingerprint density at radius 1 is 1.06 bits per heavy atom. The largest absolute Gasteiger partial charge is 0.325 e. The van der Waals surface area contributed by atoms with Gasteiger partial charge in [-0.25, -0.2) is 18.1 Å². The fraction of sp³-hybridized carbons (Fsp3) is 0.273. The van der Waals surface area contributed by atoms with Crippen molar-refractivity contribution < 1.29 is 13.2 Å². The van der Waals surface area contributed by atoms with Crippen LogP contribution in [0.1, 0.15) is 26.3 Å². The molecule has 31 heavy (non-hydrogen) atoms. The summed E-state index contributed by atoms with van der Waals surface area (Å²) in [6, 6.07) is 13.9. The molecule has 1 amide bonds. The molecule has 0 saturated heterocycles. The van der Waals surface area contributed by atoms with Gasteiger partial charge in [-0.15, -0.1) is 0 Å². The molecule has 1 atom stereocenters. The first-order valence-corrected chi connectivity index (χ1v) is 12.2. The molecule has 0 spiro atoms. The van der Waals surface area contributed by atoms with Gasteiger partial charge in [0.05, 0.1) is 15.8 Å². The number of aryl methyl sites for hydroxylation is 1. The van der Waals surface area contributed by atoms with Gasteiger partial charge in [-0.3, -0.25) is 9.36 Å². The summed E-state index contributed by atoms with van der Waals surface area (Å²) in [4.78, 5) is 17.2. The Morgan fingerprint density at radius 3 is 2.39 bits per heavy atom. The molecule has 1 heterocycles.